The number of aryl methyl sites for hydroxylation is 1. The average molecular weight is 267 g/mol. The number of hydrogen-bond acceptors (Lipinski definition) is 4. The number of fused-ring (bicyclic) bond motifs is 1. The average Bonchev–Trinajstić information content (AvgIpc) is 2.90. The first-order chi connectivity index (χ1) is 9.79. The molecule has 0 fully saturated rings. The van der Waals surface area contributed by atoms with Crippen molar-refractivity contribution in [2.75, 3.05) is 6.54 Å². The molecule has 5 nitrogen and oxygen atoms in total. The fraction of sp³-hybridized carbons (Fsp3) is 0.267. The molecule has 102 valence electrons. The molecule has 3 aromatic rings. The van der Waals surface area contributed by atoms with Crippen LogP contribution < -0.4 is 5.32 Å². The van der Waals surface area contributed by atoms with Crippen molar-refractivity contribution < 1.29 is 0 Å². The van der Waals surface area contributed by atoms with Crippen LogP contribution in [0.3, 0.4) is 0 Å². The molecule has 1 N–H and O–H groups in total. The number of hydrogen-bond donors (Lipinski definition) is 1. The van der Waals surface area contributed by atoms with Gasteiger partial charge in [0.2, 0.25) is 0 Å². The molecule has 0 aliphatic heterocycles. The fourth-order valence-corrected chi connectivity index (χ4v) is 2.43. The summed E-state index contributed by atoms with van der Waals surface area (Å²) in [6, 6.07) is 10.5. The molecule has 0 amide bonds. The van der Waals surface area contributed by atoms with E-state index in [-0.39, 0.29) is 6.04 Å². The van der Waals surface area contributed by atoms with Crippen LogP contribution in [0.25, 0.3) is 10.9 Å². The molecule has 2 heterocycles. The van der Waals surface area contributed by atoms with Gasteiger partial charge in [0.25, 0.3) is 0 Å². The molecule has 2 aromatic heterocycles. The van der Waals surface area contributed by atoms with Crippen LogP contribution in [0.2, 0.25) is 0 Å². The smallest absolute Gasteiger partial charge is 0.0798 e. The number of pyridine rings is 1. The summed E-state index contributed by atoms with van der Waals surface area (Å²) in [7, 11) is 1.91. The van der Waals surface area contributed by atoms with Crippen molar-refractivity contribution in [1.82, 2.24) is 25.3 Å². The van der Waals surface area contributed by atoms with Gasteiger partial charge in [-0.05, 0) is 30.3 Å². The predicted molar refractivity (Wildman–Crippen MR) is 78.3 cm³/mol. The summed E-state index contributed by atoms with van der Waals surface area (Å²) in [5.41, 5.74) is 3.25. The van der Waals surface area contributed by atoms with Crippen LogP contribution in [-0.4, -0.2) is 26.5 Å². The van der Waals surface area contributed by atoms with Crippen molar-refractivity contribution in [2.45, 2.75) is 13.0 Å². The maximum Gasteiger partial charge on any atom is 0.0798 e. The summed E-state index contributed by atoms with van der Waals surface area (Å²) in [4.78, 5) is 4.36. The van der Waals surface area contributed by atoms with Crippen molar-refractivity contribution in [2.24, 2.45) is 7.05 Å². The monoisotopic (exact) mass is 267 g/mol. The van der Waals surface area contributed by atoms with Gasteiger partial charge in [0.1, 0.15) is 0 Å². The van der Waals surface area contributed by atoms with Gasteiger partial charge in [-0.2, -0.15) is 0 Å². The zero-order valence-electron chi connectivity index (χ0n) is 11.6. The predicted octanol–water partition coefficient (Wildman–Crippen LogP) is 2.06. The Morgan fingerprint density at radius 2 is 2.20 bits per heavy atom. The second-order valence-corrected chi connectivity index (χ2v) is 4.73. The number of benzene rings is 1. The molecule has 1 unspecified atom stereocenters. The minimum atomic E-state index is 0.0876. The third-order valence-corrected chi connectivity index (χ3v) is 3.41. The summed E-state index contributed by atoms with van der Waals surface area (Å²) in [6.07, 6.45) is 3.62. The maximum absolute atomic E-state index is 4.36. The lowest BCUT2D eigenvalue weighted by atomic mass is 10.0. The van der Waals surface area contributed by atoms with E-state index in [1.54, 1.807) is 10.9 Å². The zero-order chi connectivity index (χ0) is 13.9. The highest BCUT2D eigenvalue weighted by Crippen LogP contribution is 2.24. The second-order valence-electron chi connectivity index (χ2n) is 4.73. The van der Waals surface area contributed by atoms with Crippen LogP contribution in [0, 0.1) is 0 Å². The van der Waals surface area contributed by atoms with Crippen molar-refractivity contribution in [3.05, 3.63) is 54.0 Å². The topological polar surface area (TPSA) is 55.6 Å². The molecule has 20 heavy (non-hydrogen) atoms. The molecule has 0 spiro atoms. The molecular formula is C15H17N5. The van der Waals surface area contributed by atoms with Gasteiger partial charge >= 0.3 is 0 Å². The van der Waals surface area contributed by atoms with E-state index >= 15 is 0 Å². The third-order valence-electron chi connectivity index (χ3n) is 3.41. The molecule has 0 saturated carbocycles. The SMILES string of the molecule is CCNC(c1ccc2ncccc2c1)c1cnnn1C. The van der Waals surface area contributed by atoms with E-state index in [1.165, 1.54) is 5.56 Å². The van der Waals surface area contributed by atoms with Gasteiger partial charge in [-0.1, -0.05) is 24.3 Å². The molecule has 0 saturated heterocycles. The number of nitrogens with one attached hydrogen (secondary N) is 1. The first-order valence-electron chi connectivity index (χ1n) is 6.72. The van der Waals surface area contributed by atoms with Crippen LogP contribution in [-0.2, 0) is 7.05 Å². The number of rotatable bonds is 4. The van der Waals surface area contributed by atoms with Crippen molar-refractivity contribution in [3.8, 4) is 0 Å². The first-order valence-corrected chi connectivity index (χ1v) is 6.72. The van der Waals surface area contributed by atoms with E-state index in [0.29, 0.717) is 0 Å². The Morgan fingerprint density at radius 3 is 2.95 bits per heavy atom. The Kier molecular flexibility index (Phi) is 3.43. The van der Waals surface area contributed by atoms with Crippen molar-refractivity contribution in [1.29, 1.82) is 0 Å². The molecule has 1 atom stereocenters. The Balaban J connectivity index is 2.07. The molecule has 0 aliphatic carbocycles. The van der Waals surface area contributed by atoms with Gasteiger partial charge in [-0.15, -0.1) is 5.10 Å². The van der Waals surface area contributed by atoms with Gasteiger partial charge in [0, 0.05) is 18.6 Å². The molecule has 0 aliphatic rings. The maximum atomic E-state index is 4.36. The quantitative estimate of drug-likeness (QED) is 0.786. The Morgan fingerprint density at radius 1 is 1.30 bits per heavy atom. The summed E-state index contributed by atoms with van der Waals surface area (Å²) in [5, 5.41) is 12.6. The summed E-state index contributed by atoms with van der Waals surface area (Å²) >= 11 is 0. The summed E-state index contributed by atoms with van der Waals surface area (Å²) in [5.74, 6) is 0. The molecular weight excluding hydrogens is 250 g/mol. The molecule has 3 rings (SSSR count). The van der Waals surface area contributed by atoms with E-state index in [2.05, 4.69) is 51.8 Å². The Hall–Kier alpha value is -2.27. The highest BCUT2D eigenvalue weighted by atomic mass is 15.4. The van der Waals surface area contributed by atoms with Crippen molar-refractivity contribution >= 4 is 10.9 Å². The van der Waals surface area contributed by atoms with Crippen LogP contribution in [0.4, 0.5) is 0 Å². The minimum Gasteiger partial charge on any atom is -0.305 e. The number of aromatic nitrogens is 4. The Labute approximate surface area is 117 Å². The lowest BCUT2D eigenvalue weighted by Gasteiger charge is -2.18. The summed E-state index contributed by atoms with van der Waals surface area (Å²) in [6.45, 7) is 2.97. The van der Waals surface area contributed by atoms with Crippen molar-refractivity contribution in [3.63, 3.8) is 0 Å². The van der Waals surface area contributed by atoms with Gasteiger partial charge in [0.05, 0.1) is 23.4 Å². The van der Waals surface area contributed by atoms with Crippen LogP contribution in [0.1, 0.15) is 24.2 Å². The first kappa shape index (κ1) is 12.7. The largest absolute Gasteiger partial charge is 0.305 e. The lowest BCUT2D eigenvalue weighted by Crippen LogP contribution is -2.24. The molecule has 5 heteroatoms. The van der Waals surface area contributed by atoms with E-state index in [4.69, 9.17) is 0 Å². The fourth-order valence-electron chi connectivity index (χ4n) is 2.43. The van der Waals surface area contributed by atoms with Gasteiger partial charge in [0.15, 0.2) is 0 Å². The van der Waals surface area contributed by atoms with Crippen LogP contribution in [0.15, 0.2) is 42.7 Å². The normalized spacial score (nSPS) is 12.7. The minimum absolute atomic E-state index is 0.0876. The van der Waals surface area contributed by atoms with E-state index in [9.17, 15) is 0 Å². The van der Waals surface area contributed by atoms with Crippen LogP contribution >= 0.6 is 0 Å². The second kappa shape index (κ2) is 5.38. The van der Waals surface area contributed by atoms with E-state index in [0.717, 1.165) is 23.1 Å². The standard InChI is InChI=1S/C15H17N5/c1-3-16-15(14-10-18-19-20(14)2)12-6-7-13-11(9-12)5-4-8-17-13/h4-10,15-16H,3H2,1-2H3. The van der Waals surface area contributed by atoms with E-state index < -0.39 is 0 Å². The van der Waals surface area contributed by atoms with Gasteiger partial charge < -0.3 is 5.32 Å². The molecule has 1 aromatic carbocycles. The van der Waals surface area contributed by atoms with Gasteiger partial charge in [-0.3, -0.25) is 9.67 Å². The lowest BCUT2D eigenvalue weighted by molar-refractivity contribution is 0.568. The highest BCUT2D eigenvalue weighted by molar-refractivity contribution is 5.79. The van der Waals surface area contributed by atoms with Crippen LogP contribution in [0.5, 0.6) is 0 Å². The molecule has 0 bridgehead atoms. The zero-order valence-corrected chi connectivity index (χ0v) is 11.6. The summed E-state index contributed by atoms with van der Waals surface area (Å²) < 4.78 is 1.81. The third kappa shape index (κ3) is 2.28. The Bertz CT molecular complexity index is 719. The highest BCUT2D eigenvalue weighted by Gasteiger charge is 2.17. The molecule has 0 radical (unpaired) electrons. The van der Waals surface area contributed by atoms with E-state index in [1.807, 2.05) is 19.3 Å². The van der Waals surface area contributed by atoms with Gasteiger partial charge in [-0.25, -0.2) is 0 Å². The number of nitrogens with zero attached hydrogens (tertiary/aromatic N) is 4.